The highest BCUT2D eigenvalue weighted by molar-refractivity contribution is 6.03. The molecule has 0 saturated carbocycles. The minimum atomic E-state index is 0.896. The molecular weight excluding hydrogens is 170 g/mol. The molecule has 0 aromatic carbocycles. The van der Waals surface area contributed by atoms with Crippen molar-refractivity contribution in [2.75, 3.05) is 0 Å². The van der Waals surface area contributed by atoms with Crippen LogP contribution in [0.5, 0.6) is 0 Å². The van der Waals surface area contributed by atoms with E-state index in [2.05, 4.69) is 31.2 Å². The van der Waals surface area contributed by atoms with E-state index in [9.17, 15) is 0 Å². The van der Waals surface area contributed by atoms with Crippen molar-refractivity contribution in [3.8, 4) is 0 Å². The maximum absolute atomic E-state index is 4.33. The second-order valence-electron chi connectivity index (χ2n) is 3.46. The van der Waals surface area contributed by atoms with Crippen molar-refractivity contribution in [3.05, 3.63) is 48.2 Å². The summed E-state index contributed by atoms with van der Waals surface area (Å²) in [7, 11) is 0. The summed E-state index contributed by atoms with van der Waals surface area (Å²) >= 11 is 0. The molecule has 0 aromatic rings. The zero-order chi connectivity index (χ0) is 10.6. The fourth-order valence-corrected chi connectivity index (χ4v) is 1.43. The molecule has 0 radical (unpaired) electrons. The highest BCUT2D eigenvalue weighted by Gasteiger charge is 2.12. The molecule has 0 fully saturated rings. The summed E-state index contributed by atoms with van der Waals surface area (Å²) in [5.74, 6) is 0. The van der Waals surface area contributed by atoms with E-state index >= 15 is 0 Å². The van der Waals surface area contributed by atoms with Crippen LogP contribution in [0.2, 0.25) is 0 Å². The quantitative estimate of drug-likeness (QED) is 0.593. The normalized spacial score (nSPS) is 16.3. The number of hydrogen-bond acceptors (Lipinski definition) is 1. The van der Waals surface area contributed by atoms with Crippen molar-refractivity contribution in [1.82, 2.24) is 0 Å². The van der Waals surface area contributed by atoms with Crippen molar-refractivity contribution in [1.29, 1.82) is 0 Å². The Morgan fingerprint density at radius 1 is 1.64 bits per heavy atom. The van der Waals surface area contributed by atoms with E-state index in [0.29, 0.717) is 0 Å². The largest absolute Gasteiger partial charge is 0.260 e. The topological polar surface area (TPSA) is 12.4 Å². The van der Waals surface area contributed by atoms with Crippen LogP contribution in [0.25, 0.3) is 0 Å². The number of aliphatic imine (C=N–C) groups is 1. The second kappa shape index (κ2) is 4.75. The Balaban J connectivity index is 2.74. The van der Waals surface area contributed by atoms with Crippen LogP contribution in [0.3, 0.4) is 0 Å². The molecule has 0 saturated heterocycles. The van der Waals surface area contributed by atoms with E-state index in [1.807, 2.05) is 19.2 Å². The van der Waals surface area contributed by atoms with Gasteiger partial charge in [0.1, 0.15) is 0 Å². The predicted octanol–water partition coefficient (Wildman–Crippen LogP) is 3.81. The molecule has 0 aromatic heterocycles. The monoisotopic (exact) mass is 187 g/mol. The number of allylic oxidation sites excluding steroid dienone is 5. The van der Waals surface area contributed by atoms with Gasteiger partial charge in [-0.05, 0) is 30.1 Å². The molecule has 1 nitrogen and oxygen atoms in total. The van der Waals surface area contributed by atoms with E-state index in [-0.39, 0.29) is 0 Å². The molecule has 1 heterocycles. The van der Waals surface area contributed by atoms with E-state index in [1.54, 1.807) is 0 Å². The molecule has 1 aliphatic heterocycles. The zero-order valence-corrected chi connectivity index (χ0v) is 9.01. The van der Waals surface area contributed by atoms with Crippen molar-refractivity contribution in [2.24, 2.45) is 4.99 Å². The summed E-state index contributed by atoms with van der Waals surface area (Å²) in [4.78, 5) is 4.33. The average molecular weight is 187 g/mol. The molecule has 1 heteroatoms. The first-order valence-corrected chi connectivity index (χ1v) is 4.93. The lowest BCUT2D eigenvalue weighted by atomic mass is 10.00. The summed E-state index contributed by atoms with van der Waals surface area (Å²) in [6.45, 7) is 11.8. The molecular formula is C13H17N. The number of hydrogen-bond donors (Lipinski definition) is 0. The van der Waals surface area contributed by atoms with E-state index in [1.165, 1.54) is 11.1 Å². The van der Waals surface area contributed by atoms with Gasteiger partial charge in [0.05, 0.1) is 0 Å². The van der Waals surface area contributed by atoms with Gasteiger partial charge in [-0.3, -0.25) is 4.99 Å². The third-order valence-corrected chi connectivity index (χ3v) is 2.24. The lowest BCUT2D eigenvalue weighted by Crippen LogP contribution is -1.96. The average Bonchev–Trinajstić information content (AvgIpc) is 2.63. The lowest BCUT2D eigenvalue weighted by molar-refractivity contribution is 1.19. The Hall–Kier alpha value is -1.37. The fourth-order valence-electron chi connectivity index (χ4n) is 1.43. The van der Waals surface area contributed by atoms with Gasteiger partial charge in [0.25, 0.3) is 0 Å². The molecule has 1 rings (SSSR count). The molecule has 0 aliphatic carbocycles. The SMILES string of the molecule is C=C/C(=C\CC)C1=CN=C(C(=C)C)C1. The second-order valence-corrected chi connectivity index (χ2v) is 3.46. The van der Waals surface area contributed by atoms with Crippen LogP contribution in [0.15, 0.2) is 53.2 Å². The third kappa shape index (κ3) is 2.32. The van der Waals surface area contributed by atoms with Crippen LogP contribution in [-0.4, -0.2) is 5.71 Å². The Kier molecular flexibility index (Phi) is 3.63. The van der Waals surface area contributed by atoms with E-state index < -0.39 is 0 Å². The van der Waals surface area contributed by atoms with Gasteiger partial charge >= 0.3 is 0 Å². The van der Waals surface area contributed by atoms with E-state index in [4.69, 9.17) is 0 Å². The first-order chi connectivity index (χ1) is 6.69. The number of nitrogens with zero attached hydrogens (tertiary/aromatic N) is 1. The van der Waals surface area contributed by atoms with Crippen LogP contribution < -0.4 is 0 Å². The lowest BCUT2D eigenvalue weighted by Gasteiger charge is -2.03. The molecule has 0 amide bonds. The van der Waals surface area contributed by atoms with Gasteiger partial charge in [0.2, 0.25) is 0 Å². The van der Waals surface area contributed by atoms with Gasteiger partial charge < -0.3 is 0 Å². The first kappa shape index (κ1) is 10.7. The number of rotatable bonds is 4. The van der Waals surface area contributed by atoms with Crippen LogP contribution in [0.4, 0.5) is 0 Å². The third-order valence-electron chi connectivity index (χ3n) is 2.24. The molecule has 74 valence electrons. The molecule has 0 bridgehead atoms. The van der Waals surface area contributed by atoms with Gasteiger partial charge in [-0.1, -0.05) is 32.2 Å². The fraction of sp³-hybridized carbons (Fsp3) is 0.308. The van der Waals surface area contributed by atoms with Gasteiger partial charge in [-0.15, -0.1) is 0 Å². The Bertz CT molecular complexity index is 340. The van der Waals surface area contributed by atoms with Crippen molar-refractivity contribution >= 4 is 5.71 Å². The van der Waals surface area contributed by atoms with Crippen molar-refractivity contribution < 1.29 is 0 Å². The van der Waals surface area contributed by atoms with Gasteiger partial charge in [-0.2, -0.15) is 0 Å². The van der Waals surface area contributed by atoms with Gasteiger partial charge in [-0.25, -0.2) is 0 Å². The van der Waals surface area contributed by atoms with Crippen LogP contribution in [0, 0.1) is 0 Å². The van der Waals surface area contributed by atoms with Crippen LogP contribution in [0.1, 0.15) is 26.7 Å². The van der Waals surface area contributed by atoms with Crippen molar-refractivity contribution in [3.63, 3.8) is 0 Å². The summed E-state index contributed by atoms with van der Waals surface area (Å²) in [6.07, 6.45) is 7.92. The molecule has 0 atom stereocenters. The van der Waals surface area contributed by atoms with Gasteiger partial charge in [0, 0.05) is 18.3 Å². The molecule has 0 N–H and O–H groups in total. The summed E-state index contributed by atoms with van der Waals surface area (Å²) < 4.78 is 0. The zero-order valence-electron chi connectivity index (χ0n) is 9.01. The predicted molar refractivity (Wildman–Crippen MR) is 63.5 cm³/mol. The Morgan fingerprint density at radius 2 is 2.36 bits per heavy atom. The highest BCUT2D eigenvalue weighted by atomic mass is 14.7. The van der Waals surface area contributed by atoms with Crippen LogP contribution >= 0.6 is 0 Å². The van der Waals surface area contributed by atoms with E-state index in [0.717, 1.165) is 24.1 Å². The Morgan fingerprint density at radius 3 is 2.79 bits per heavy atom. The molecule has 14 heavy (non-hydrogen) atoms. The summed E-state index contributed by atoms with van der Waals surface area (Å²) in [5.41, 5.74) is 4.59. The maximum atomic E-state index is 4.33. The smallest absolute Gasteiger partial charge is 0.0471 e. The maximum Gasteiger partial charge on any atom is 0.0471 e. The van der Waals surface area contributed by atoms with Crippen LogP contribution in [-0.2, 0) is 0 Å². The minimum Gasteiger partial charge on any atom is -0.260 e. The standard InChI is InChI=1S/C13H17N/c1-5-7-11(6-2)12-8-13(10(3)4)14-9-12/h6-7,9H,2-3,5,8H2,1,4H3/b11-7+. The Labute approximate surface area is 86.2 Å². The molecule has 1 aliphatic rings. The molecule has 0 unspecified atom stereocenters. The van der Waals surface area contributed by atoms with Gasteiger partial charge in [0.15, 0.2) is 0 Å². The minimum absolute atomic E-state index is 0.896. The molecule has 0 spiro atoms. The first-order valence-electron chi connectivity index (χ1n) is 4.93. The summed E-state index contributed by atoms with van der Waals surface area (Å²) in [5, 5.41) is 0. The van der Waals surface area contributed by atoms with Crippen molar-refractivity contribution in [2.45, 2.75) is 26.7 Å². The highest BCUT2D eigenvalue weighted by Crippen LogP contribution is 2.23. The summed E-state index contributed by atoms with van der Waals surface area (Å²) in [6, 6.07) is 0.